The zero-order chi connectivity index (χ0) is 10.1. The molecule has 0 unspecified atom stereocenters. The van der Waals surface area contributed by atoms with Crippen LogP contribution in [0.1, 0.15) is 31.4 Å². The molecular formula is C11H16N2O. The van der Waals surface area contributed by atoms with Crippen molar-refractivity contribution in [3.8, 4) is 0 Å². The SMILES string of the molecule is C[C@H](O)c1ccc(NC2CC2)c(N)c1. The summed E-state index contributed by atoms with van der Waals surface area (Å²) in [5.41, 5.74) is 8.43. The molecule has 0 saturated heterocycles. The fourth-order valence-corrected chi connectivity index (χ4v) is 1.42. The minimum atomic E-state index is -0.452. The molecule has 4 N–H and O–H groups in total. The molecule has 14 heavy (non-hydrogen) atoms. The second-order valence-electron chi connectivity index (χ2n) is 3.94. The van der Waals surface area contributed by atoms with Gasteiger partial charge in [-0.25, -0.2) is 0 Å². The Morgan fingerprint density at radius 1 is 1.50 bits per heavy atom. The number of hydrogen-bond donors (Lipinski definition) is 3. The molecule has 1 saturated carbocycles. The molecule has 0 radical (unpaired) electrons. The van der Waals surface area contributed by atoms with Gasteiger partial charge in [-0.1, -0.05) is 6.07 Å². The summed E-state index contributed by atoms with van der Waals surface area (Å²) >= 11 is 0. The minimum Gasteiger partial charge on any atom is -0.397 e. The quantitative estimate of drug-likeness (QED) is 0.641. The normalized spacial score (nSPS) is 17.9. The maximum absolute atomic E-state index is 9.36. The zero-order valence-corrected chi connectivity index (χ0v) is 8.33. The summed E-state index contributed by atoms with van der Waals surface area (Å²) in [6.45, 7) is 1.74. The Balaban J connectivity index is 2.17. The van der Waals surface area contributed by atoms with E-state index in [-0.39, 0.29) is 0 Å². The number of aliphatic hydroxyl groups is 1. The summed E-state index contributed by atoms with van der Waals surface area (Å²) in [4.78, 5) is 0. The van der Waals surface area contributed by atoms with Crippen LogP contribution in [0.3, 0.4) is 0 Å². The van der Waals surface area contributed by atoms with Crippen LogP contribution in [-0.2, 0) is 0 Å². The molecule has 3 heteroatoms. The summed E-state index contributed by atoms with van der Waals surface area (Å²) < 4.78 is 0. The molecule has 0 spiro atoms. The van der Waals surface area contributed by atoms with Gasteiger partial charge >= 0.3 is 0 Å². The Hall–Kier alpha value is -1.22. The Morgan fingerprint density at radius 3 is 2.71 bits per heavy atom. The smallest absolute Gasteiger partial charge is 0.0762 e. The monoisotopic (exact) mass is 192 g/mol. The van der Waals surface area contributed by atoms with Crippen LogP contribution in [0.15, 0.2) is 18.2 Å². The molecule has 1 fully saturated rings. The highest BCUT2D eigenvalue weighted by Crippen LogP contribution is 2.29. The van der Waals surface area contributed by atoms with E-state index >= 15 is 0 Å². The Kier molecular flexibility index (Phi) is 2.33. The lowest BCUT2D eigenvalue weighted by Gasteiger charge is -2.11. The summed E-state index contributed by atoms with van der Waals surface area (Å²) in [5.74, 6) is 0. The van der Waals surface area contributed by atoms with Crippen LogP contribution in [0.5, 0.6) is 0 Å². The van der Waals surface area contributed by atoms with E-state index < -0.39 is 6.10 Å². The van der Waals surface area contributed by atoms with Gasteiger partial charge in [0.25, 0.3) is 0 Å². The second kappa shape index (κ2) is 3.50. The fraction of sp³-hybridized carbons (Fsp3) is 0.455. The van der Waals surface area contributed by atoms with Crippen molar-refractivity contribution in [3.63, 3.8) is 0 Å². The summed E-state index contributed by atoms with van der Waals surface area (Å²) in [6.07, 6.45) is 2.02. The van der Waals surface area contributed by atoms with Gasteiger partial charge in [0.1, 0.15) is 0 Å². The molecule has 0 aromatic heterocycles. The topological polar surface area (TPSA) is 58.3 Å². The molecule has 0 bridgehead atoms. The van der Waals surface area contributed by atoms with E-state index in [0.29, 0.717) is 6.04 Å². The van der Waals surface area contributed by atoms with Gasteiger partial charge in [-0.2, -0.15) is 0 Å². The van der Waals surface area contributed by atoms with Gasteiger partial charge in [0.2, 0.25) is 0 Å². The molecule has 0 aliphatic heterocycles. The molecule has 1 atom stereocenters. The number of anilines is 2. The largest absolute Gasteiger partial charge is 0.397 e. The number of nitrogens with one attached hydrogen (secondary N) is 1. The van der Waals surface area contributed by atoms with Crippen LogP contribution in [0, 0.1) is 0 Å². The third kappa shape index (κ3) is 1.99. The first kappa shape index (κ1) is 9.34. The van der Waals surface area contributed by atoms with E-state index in [1.807, 2.05) is 18.2 Å². The number of nitrogen functional groups attached to an aromatic ring is 1. The van der Waals surface area contributed by atoms with Gasteiger partial charge in [-0.3, -0.25) is 0 Å². The lowest BCUT2D eigenvalue weighted by Crippen LogP contribution is -2.04. The number of benzene rings is 1. The second-order valence-corrected chi connectivity index (χ2v) is 3.94. The predicted octanol–water partition coefficient (Wildman–Crippen LogP) is 1.90. The highest BCUT2D eigenvalue weighted by Gasteiger charge is 2.21. The molecule has 0 amide bonds. The minimum absolute atomic E-state index is 0.452. The van der Waals surface area contributed by atoms with Crippen LogP contribution >= 0.6 is 0 Å². The summed E-state index contributed by atoms with van der Waals surface area (Å²) in [6, 6.07) is 6.28. The molecule has 0 heterocycles. The van der Waals surface area contributed by atoms with E-state index in [2.05, 4.69) is 5.32 Å². The highest BCUT2D eigenvalue weighted by atomic mass is 16.3. The number of nitrogens with two attached hydrogens (primary N) is 1. The lowest BCUT2D eigenvalue weighted by molar-refractivity contribution is 0.199. The zero-order valence-electron chi connectivity index (χ0n) is 8.33. The molecule has 1 aliphatic rings. The highest BCUT2D eigenvalue weighted by molar-refractivity contribution is 5.67. The first-order chi connectivity index (χ1) is 6.66. The van der Waals surface area contributed by atoms with E-state index in [1.165, 1.54) is 12.8 Å². The first-order valence-corrected chi connectivity index (χ1v) is 5.01. The molecule has 76 valence electrons. The predicted molar refractivity (Wildman–Crippen MR) is 58.1 cm³/mol. The Morgan fingerprint density at radius 2 is 2.21 bits per heavy atom. The standard InChI is InChI=1S/C11H16N2O/c1-7(14)8-2-5-11(10(12)6-8)13-9-3-4-9/h2,5-7,9,13-14H,3-4,12H2,1H3/t7-/m0/s1. The van der Waals surface area contributed by atoms with Crippen molar-refractivity contribution >= 4 is 11.4 Å². The fourth-order valence-electron chi connectivity index (χ4n) is 1.42. The molecule has 2 rings (SSSR count). The van der Waals surface area contributed by atoms with E-state index in [0.717, 1.165) is 16.9 Å². The van der Waals surface area contributed by atoms with Crippen LogP contribution in [0.25, 0.3) is 0 Å². The van der Waals surface area contributed by atoms with E-state index in [1.54, 1.807) is 6.92 Å². The summed E-state index contributed by atoms with van der Waals surface area (Å²) in [7, 11) is 0. The molecule has 1 aliphatic carbocycles. The van der Waals surface area contributed by atoms with Crippen molar-refractivity contribution in [3.05, 3.63) is 23.8 Å². The first-order valence-electron chi connectivity index (χ1n) is 5.01. The van der Waals surface area contributed by atoms with Gasteiger partial charge in [-0.05, 0) is 37.5 Å². The molecule has 3 nitrogen and oxygen atoms in total. The lowest BCUT2D eigenvalue weighted by atomic mass is 10.1. The molecule has 1 aromatic rings. The Bertz CT molecular complexity index is 332. The van der Waals surface area contributed by atoms with E-state index in [4.69, 9.17) is 5.73 Å². The van der Waals surface area contributed by atoms with Gasteiger partial charge in [0.05, 0.1) is 17.5 Å². The van der Waals surface area contributed by atoms with Crippen LogP contribution in [0.4, 0.5) is 11.4 Å². The van der Waals surface area contributed by atoms with Crippen molar-refractivity contribution in [2.75, 3.05) is 11.1 Å². The van der Waals surface area contributed by atoms with Crippen molar-refractivity contribution < 1.29 is 5.11 Å². The maximum Gasteiger partial charge on any atom is 0.0762 e. The summed E-state index contributed by atoms with van der Waals surface area (Å²) in [5, 5.41) is 12.7. The van der Waals surface area contributed by atoms with E-state index in [9.17, 15) is 5.11 Å². The van der Waals surface area contributed by atoms with Crippen LogP contribution in [0.2, 0.25) is 0 Å². The van der Waals surface area contributed by atoms with Crippen molar-refractivity contribution in [1.29, 1.82) is 0 Å². The maximum atomic E-state index is 9.36. The van der Waals surface area contributed by atoms with Gasteiger partial charge in [0, 0.05) is 6.04 Å². The van der Waals surface area contributed by atoms with Crippen molar-refractivity contribution in [2.24, 2.45) is 0 Å². The third-order valence-corrected chi connectivity index (χ3v) is 2.50. The van der Waals surface area contributed by atoms with Crippen molar-refractivity contribution in [1.82, 2.24) is 0 Å². The average molecular weight is 192 g/mol. The molecular weight excluding hydrogens is 176 g/mol. The Labute approximate surface area is 83.9 Å². The van der Waals surface area contributed by atoms with Crippen molar-refractivity contribution in [2.45, 2.75) is 31.9 Å². The third-order valence-electron chi connectivity index (χ3n) is 2.50. The van der Waals surface area contributed by atoms with Gasteiger partial charge < -0.3 is 16.2 Å². The van der Waals surface area contributed by atoms with Crippen LogP contribution in [-0.4, -0.2) is 11.1 Å². The van der Waals surface area contributed by atoms with Gasteiger partial charge in [0.15, 0.2) is 0 Å². The number of aliphatic hydroxyl groups excluding tert-OH is 1. The molecule has 1 aromatic carbocycles. The number of hydrogen-bond acceptors (Lipinski definition) is 3. The van der Waals surface area contributed by atoms with Gasteiger partial charge in [-0.15, -0.1) is 0 Å². The van der Waals surface area contributed by atoms with Crippen LogP contribution < -0.4 is 11.1 Å². The number of rotatable bonds is 3. The average Bonchev–Trinajstić information content (AvgIpc) is 2.92.